The zero-order valence-corrected chi connectivity index (χ0v) is 13.0. The van der Waals surface area contributed by atoms with Crippen molar-refractivity contribution in [3.8, 4) is 0 Å². The molecule has 1 unspecified atom stereocenters. The predicted molar refractivity (Wildman–Crippen MR) is 78.9 cm³/mol. The lowest BCUT2D eigenvalue weighted by Gasteiger charge is -2.40. The molecule has 1 aromatic rings. The Morgan fingerprint density at radius 1 is 1.48 bits per heavy atom. The van der Waals surface area contributed by atoms with Crippen LogP contribution in [0.3, 0.4) is 0 Å². The van der Waals surface area contributed by atoms with Gasteiger partial charge in [0.2, 0.25) is 5.91 Å². The largest absolute Gasteiger partial charge is 0.481 e. The van der Waals surface area contributed by atoms with Gasteiger partial charge in [-0.2, -0.15) is 5.10 Å². The number of halogens is 1. The first-order valence-corrected chi connectivity index (χ1v) is 7.08. The van der Waals surface area contributed by atoms with E-state index in [1.54, 1.807) is 29.6 Å². The minimum Gasteiger partial charge on any atom is -0.481 e. The van der Waals surface area contributed by atoms with Crippen LogP contribution in [0, 0.1) is 18.8 Å². The molecule has 2 heterocycles. The summed E-state index contributed by atoms with van der Waals surface area (Å²) in [6, 6.07) is 0. The zero-order chi connectivity index (χ0) is 15.7. The fraction of sp³-hybridized carbons (Fsp3) is 0.500. The highest BCUT2D eigenvalue weighted by Crippen LogP contribution is 2.25. The van der Waals surface area contributed by atoms with Crippen molar-refractivity contribution in [2.24, 2.45) is 18.9 Å². The molecule has 1 saturated heterocycles. The van der Waals surface area contributed by atoms with Gasteiger partial charge in [-0.1, -0.05) is 18.5 Å². The quantitative estimate of drug-likeness (QED) is 0.857. The topological polar surface area (TPSA) is 75.4 Å². The van der Waals surface area contributed by atoms with Gasteiger partial charge in [0.05, 0.1) is 11.6 Å². The first-order chi connectivity index (χ1) is 9.81. The van der Waals surface area contributed by atoms with E-state index < -0.39 is 11.9 Å². The predicted octanol–water partition coefficient (Wildman–Crippen LogP) is 1.57. The minimum absolute atomic E-state index is 0.0311. The Morgan fingerprint density at radius 3 is 2.57 bits per heavy atom. The summed E-state index contributed by atoms with van der Waals surface area (Å²) in [5, 5.41) is 13.6. The van der Waals surface area contributed by atoms with Crippen LogP contribution in [0.15, 0.2) is 6.08 Å². The molecular weight excluding hydrogens is 294 g/mol. The van der Waals surface area contributed by atoms with E-state index in [4.69, 9.17) is 16.7 Å². The highest BCUT2D eigenvalue weighted by Gasteiger charge is 2.36. The standard InChI is InChI=1S/C14H18ClN3O3/c1-8(14(20)21)10-6-18(7-10)12(19)5-4-11-9(2)16-17(3)13(11)15/h4-5,8,10H,6-7H2,1-3H3,(H,20,21)/b5-4+. The van der Waals surface area contributed by atoms with Crippen LogP contribution < -0.4 is 0 Å². The van der Waals surface area contributed by atoms with Crippen molar-refractivity contribution in [2.45, 2.75) is 13.8 Å². The van der Waals surface area contributed by atoms with Crippen LogP contribution in [-0.4, -0.2) is 44.8 Å². The average Bonchev–Trinajstić information content (AvgIpc) is 2.59. The Morgan fingerprint density at radius 2 is 2.10 bits per heavy atom. The normalized spacial score (nSPS) is 17.0. The van der Waals surface area contributed by atoms with Crippen molar-refractivity contribution in [2.75, 3.05) is 13.1 Å². The number of likely N-dealkylation sites (tertiary alicyclic amines) is 1. The fourth-order valence-electron chi connectivity index (χ4n) is 2.31. The number of hydrogen-bond acceptors (Lipinski definition) is 3. The average molecular weight is 312 g/mol. The van der Waals surface area contributed by atoms with E-state index in [-0.39, 0.29) is 11.8 Å². The third kappa shape index (κ3) is 3.10. The summed E-state index contributed by atoms with van der Waals surface area (Å²) in [5.41, 5.74) is 1.48. The Hall–Kier alpha value is -1.82. The van der Waals surface area contributed by atoms with E-state index in [1.807, 2.05) is 6.92 Å². The number of aryl methyl sites for hydroxylation is 2. The maximum atomic E-state index is 12.0. The van der Waals surface area contributed by atoms with Crippen LogP contribution in [0.4, 0.5) is 0 Å². The molecular formula is C14H18ClN3O3. The van der Waals surface area contributed by atoms with E-state index in [9.17, 15) is 9.59 Å². The molecule has 6 nitrogen and oxygen atoms in total. The molecule has 1 N–H and O–H groups in total. The molecule has 0 saturated carbocycles. The number of carbonyl (C=O) groups excluding carboxylic acids is 1. The van der Waals surface area contributed by atoms with E-state index in [1.165, 1.54) is 6.08 Å². The highest BCUT2D eigenvalue weighted by atomic mass is 35.5. The molecule has 1 aromatic heterocycles. The van der Waals surface area contributed by atoms with Gasteiger partial charge >= 0.3 is 5.97 Å². The maximum absolute atomic E-state index is 12.0. The number of aromatic nitrogens is 2. The Balaban J connectivity index is 1.95. The number of nitrogens with zero attached hydrogens (tertiary/aromatic N) is 3. The minimum atomic E-state index is -0.819. The summed E-state index contributed by atoms with van der Waals surface area (Å²) in [6.07, 6.45) is 3.11. The lowest BCUT2D eigenvalue weighted by Crippen LogP contribution is -2.53. The molecule has 1 atom stereocenters. The lowest BCUT2D eigenvalue weighted by atomic mass is 9.87. The van der Waals surface area contributed by atoms with Crippen molar-refractivity contribution in [3.63, 3.8) is 0 Å². The van der Waals surface area contributed by atoms with E-state index in [0.717, 1.165) is 11.3 Å². The number of hydrogen-bond donors (Lipinski definition) is 1. The number of carboxylic acid groups (broad SMARTS) is 1. The third-order valence-electron chi connectivity index (χ3n) is 3.91. The molecule has 0 bridgehead atoms. The van der Waals surface area contributed by atoms with Crippen molar-refractivity contribution in [1.82, 2.24) is 14.7 Å². The van der Waals surface area contributed by atoms with Crippen LogP contribution >= 0.6 is 11.6 Å². The van der Waals surface area contributed by atoms with Gasteiger partial charge < -0.3 is 10.0 Å². The number of amides is 1. The van der Waals surface area contributed by atoms with Crippen molar-refractivity contribution >= 4 is 29.6 Å². The van der Waals surface area contributed by atoms with Crippen LogP contribution in [0.25, 0.3) is 6.08 Å². The number of aliphatic carboxylic acids is 1. The van der Waals surface area contributed by atoms with E-state index >= 15 is 0 Å². The number of carboxylic acids is 1. The maximum Gasteiger partial charge on any atom is 0.306 e. The van der Waals surface area contributed by atoms with Crippen molar-refractivity contribution in [3.05, 3.63) is 22.5 Å². The zero-order valence-electron chi connectivity index (χ0n) is 12.2. The second-order valence-corrected chi connectivity index (χ2v) is 5.74. The summed E-state index contributed by atoms with van der Waals surface area (Å²) < 4.78 is 1.55. The van der Waals surface area contributed by atoms with Gasteiger partial charge in [-0.05, 0) is 13.0 Å². The first kappa shape index (κ1) is 15.6. The van der Waals surface area contributed by atoms with Gasteiger partial charge in [0.1, 0.15) is 5.15 Å². The number of carbonyl (C=O) groups is 2. The molecule has 1 aliphatic rings. The molecule has 0 aromatic carbocycles. The third-order valence-corrected chi connectivity index (χ3v) is 4.36. The van der Waals surface area contributed by atoms with Gasteiger partial charge in [-0.3, -0.25) is 14.3 Å². The Kier molecular flexibility index (Phi) is 4.37. The fourth-order valence-corrected chi connectivity index (χ4v) is 2.54. The van der Waals surface area contributed by atoms with Crippen LogP contribution in [0.1, 0.15) is 18.2 Å². The Bertz CT molecular complexity index is 603. The molecule has 0 radical (unpaired) electrons. The van der Waals surface area contributed by atoms with E-state index in [0.29, 0.717) is 18.2 Å². The SMILES string of the molecule is Cc1nn(C)c(Cl)c1/C=C/C(=O)N1CC(C(C)C(=O)O)C1. The van der Waals surface area contributed by atoms with E-state index in [2.05, 4.69) is 5.10 Å². The molecule has 21 heavy (non-hydrogen) atoms. The van der Waals surface area contributed by atoms with Crippen LogP contribution in [-0.2, 0) is 16.6 Å². The molecule has 7 heteroatoms. The summed E-state index contributed by atoms with van der Waals surface area (Å²) in [5.74, 6) is -1.35. The molecule has 1 fully saturated rings. The van der Waals surface area contributed by atoms with Crippen molar-refractivity contribution < 1.29 is 14.7 Å². The molecule has 0 spiro atoms. The van der Waals surface area contributed by atoms with Crippen LogP contribution in [0.5, 0.6) is 0 Å². The second-order valence-electron chi connectivity index (χ2n) is 5.38. The van der Waals surface area contributed by atoms with Gasteiger partial charge in [0.25, 0.3) is 0 Å². The molecule has 1 aliphatic heterocycles. The summed E-state index contributed by atoms with van der Waals surface area (Å²) >= 11 is 6.08. The molecule has 114 valence electrons. The molecule has 2 rings (SSSR count). The summed E-state index contributed by atoms with van der Waals surface area (Å²) in [6.45, 7) is 4.46. The monoisotopic (exact) mass is 311 g/mol. The summed E-state index contributed by atoms with van der Waals surface area (Å²) in [7, 11) is 1.74. The molecule has 0 aliphatic carbocycles. The van der Waals surface area contributed by atoms with Gasteiger partial charge in [0.15, 0.2) is 0 Å². The van der Waals surface area contributed by atoms with Crippen LogP contribution in [0.2, 0.25) is 5.15 Å². The second kappa shape index (κ2) is 5.89. The Labute approximate surface area is 128 Å². The number of rotatable bonds is 4. The molecule has 1 amide bonds. The van der Waals surface area contributed by atoms with Gasteiger partial charge in [0, 0.05) is 37.7 Å². The first-order valence-electron chi connectivity index (χ1n) is 6.70. The lowest BCUT2D eigenvalue weighted by molar-refractivity contribution is -0.148. The smallest absolute Gasteiger partial charge is 0.306 e. The van der Waals surface area contributed by atoms with Gasteiger partial charge in [-0.15, -0.1) is 0 Å². The highest BCUT2D eigenvalue weighted by molar-refractivity contribution is 6.31. The summed E-state index contributed by atoms with van der Waals surface area (Å²) in [4.78, 5) is 24.5. The van der Waals surface area contributed by atoms with Gasteiger partial charge in [-0.25, -0.2) is 0 Å². The van der Waals surface area contributed by atoms with Crippen molar-refractivity contribution in [1.29, 1.82) is 0 Å².